The van der Waals surface area contributed by atoms with Crippen LogP contribution in [0.2, 0.25) is 0 Å². The zero-order valence-electron chi connectivity index (χ0n) is 15.5. The first kappa shape index (κ1) is 19.6. The first-order valence-corrected chi connectivity index (χ1v) is 8.90. The van der Waals surface area contributed by atoms with Crippen molar-refractivity contribution in [3.8, 4) is 5.75 Å². The van der Waals surface area contributed by atoms with Crippen LogP contribution in [0.4, 0.5) is 19.3 Å². The van der Waals surface area contributed by atoms with Crippen LogP contribution in [-0.4, -0.2) is 31.6 Å². The number of benzene rings is 2. The van der Waals surface area contributed by atoms with E-state index in [9.17, 15) is 18.4 Å². The Morgan fingerprint density at radius 1 is 1.21 bits per heavy atom. The highest BCUT2D eigenvalue weighted by Crippen LogP contribution is 2.31. The molecule has 8 heteroatoms. The number of halogens is 2. The molecule has 0 aromatic heterocycles. The van der Waals surface area contributed by atoms with Crippen LogP contribution >= 0.6 is 0 Å². The number of anilines is 1. The Labute approximate surface area is 161 Å². The number of carbonyl (C=O) groups is 2. The molecule has 1 fully saturated rings. The molecule has 3 rings (SSSR count). The van der Waals surface area contributed by atoms with E-state index in [1.165, 1.54) is 7.11 Å². The minimum Gasteiger partial charge on any atom is -0.497 e. The molecule has 0 bridgehead atoms. The van der Waals surface area contributed by atoms with E-state index in [4.69, 9.17) is 4.74 Å². The number of urea groups is 1. The molecule has 1 saturated heterocycles. The SMILES string of the molecule is CCc1ccc(NC(=O)N[C@@H]2C(=O)NC[C@H]2c2c(F)cc(OC)cc2F)cc1. The van der Waals surface area contributed by atoms with E-state index >= 15 is 0 Å². The Bertz CT molecular complexity index is 864. The highest BCUT2D eigenvalue weighted by atomic mass is 19.1. The second kappa shape index (κ2) is 8.24. The number of carbonyl (C=O) groups excluding carboxylic acids is 2. The Kier molecular flexibility index (Phi) is 5.77. The van der Waals surface area contributed by atoms with Gasteiger partial charge in [-0.05, 0) is 24.1 Å². The fourth-order valence-electron chi connectivity index (χ4n) is 3.22. The lowest BCUT2D eigenvalue weighted by Gasteiger charge is -2.20. The second-order valence-corrected chi connectivity index (χ2v) is 6.48. The molecule has 0 unspecified atom stereocenters. The number of nitrogens with one attached hydrogen (secondary N) is 3. The summed E-state index contributed by atoms with van der Waals surface area (Å²) in [6.07, 6.45) is 0.870. The van der Waals surface area contributed by atoms with E-state index in [2.05, 4.69) is 16.0 Å². The first-order valence-electron chi connectivity index (χ1n) is 8.90. The fourth-order valence-corrected chi connectivity index (χ4v) is 3.22. The summed E-state index contributed by atoms with van der Waals surface area (Å²) >= 11 is 0. The highest BCUT2D eigenvalue weighted by Gasteiger charge is 2.40. The van der Waals surface area contributed by atoms with E-state index in [-0.39, 0.29) is 17.9 Å². The van der Waals surface area contributed by atoms with Crippen LogP contribution in [-0.2, 0) is 11.2 Å². The highest BCUT2D eigenvalue weighted by molar-refractivity contribution is 5.95. The third-order valence-electron chi connectivity index (χ3n) is 4.75. The van der Waals surface area contributed by atoms with E-state index in [1.807, 2.05) is 19.1 Å². The van der Waals surface area contributed by atoms with Gasteiger partial charge in [0.05, 0.1) is 7.11 Å². The van der Waals surface area contributed by atoms with Crippen molar-refractivity contribution < 1.29 is 23.1 Å². The van der Waals surface area contributed by atoms with Gasteiger partial charge < -0.3 is 20.7 Å². The summed E-state index contributed by atoms with van der Waals surface area (Å²) in [5.74, 6) is -3.02. The van der Waals surface area contributed by atoms with Crippen LogP contribution in [0.15, 0.2) is 36.4 Å². The summed E-state index contributed by atoms with van der Waals surface area (Å²) < 4.78 is 33.7. The monoisotopic (exact) mass is 389 g/mol. The molecule has 1 aliphatic heterocycles. The lowest BCUT2D eigenvalue weighted by atomic mass is 9.93. The third kappa shape index (κ3) is 4.05. The third-order valence-corrected chi connectivity index (χ3v) is 4.75. The van der Waals surface area contributed by atoms with Crippen molar-refractivity contribution in [1.82, 2.24) is 10.6 Å². The summed E-state index contributed by atoms with van der Waals surface area (Å²) in [7, 11) is 1.30. The van der Waals surface area contributed by atoms with Crippen LogP contribution in [0.25, 0.3) is 0 Å². The van der Waals surface area contributed by atoms with Gasteiger partial charge in [-0.3, -0.25) is 4.79 Å². The lowest BCUT2D eigenvalue weighted by molar-refractivity contribution is -0.120. The van der Waals surface area contributed by atoms with Crippen molar-refractivity contribution in [3.63, 3.8) is 0 Å². The molecule has 1 aliphatic rings. The molecule has 2 atom stereocenters. The van der Waals surface area contributed by atoms with Gasteiger partial charge in [0.1, 0.15) is 23.4 Å². The predicted octanol–water partition coefficient (Wildman–Crippen LogP) is 2.94. The van der Waals surface area contributed by atoms with Crippen LogP contribution in [0.5, 0.6) is 5.75 Å². The van der Waals surface area contributed by atoms with Gasteiger partial charge in [-0.15, -0.1) is 0 Å². The van der Waals surface area contributed by atoms with Crippen LogP contribution in [0.1, 0.15) is 24.0 Å². The number of rotatable bonds is 5. The Morgan fingerprint density at radius 3 is 2.43 bits per heavy atom. The van der Waals surface area contributed by atoms with Crippen LogP contribution in [0, 0.1) is 11.6 Å². The molecule has 28 heavy (non-hydrogen) atoms. The summed E-state index contributed by atoms with van der Waals surface area (Å²) in [6, 6.07) is 7.60. The van der Waals surface area contributed by atoms with Crippen molar-refractivity contribution >= 4 is 17.6 Å². The Hall–Kier alpha value is -3.16. The second-order valence-electron chi connectivity index (χ2n) is 6.48. The van der Waals surface area contributed by atoms with E-state index in [0.29, 0.717) is 5.69 Å². The van der Waals surface area contributed by atoms with E-state index in [0.717, 1.165) is 24.1 Å². The molecule has 2 aromatic carbocycles. The molecule has 148 valence electrons. The molecule has 6 nitrogen and oxygen atoms in total. The summed E-state index contributed by atoms with van der Waals surface area (Å²) in [5.41, 5.74) is 1.40. The zero-order chi connectivity index (χ0) is 20.3. The van der Waals surface area contributed by atoms with Gasteiger partial charge in [0.15, 0.2) is 0 Å². The number of aryl methyl sites for hydroxylation is 1. The Morgan fingerprint density at radius 2 is 1.86 bits per heavy atom. The maximum atomic E-state index is 14.4. The molecule has 0 saturated carbocycles. The van der Waals surface area contributed by atoms with E-state index < -0.39 is 35.5 Å². The Balaban J connectivity index is 1.76. The minimum atomic E-state index is -1.10. The number of amides is 3. The predicted molar refractivity (Wildman–Crippen MR) is 100 cm³/mol. The van der Waals surface area contributed by atoms with Gasteiger partial charge in [-0.1, -0.05) is 19.1 Å². The van der Waals surface area contributed by atoms with Gasteiger partial charge in [0, 0.05) is 35.8 Å². The quantitative estimate of drug-likeness (QED) is 0.736. The largest absolute Gasteiger partial charge is 0.497 e. The number of ether oxygens (including phenoxy) is 1. The molecule has 0 aliphatic carbocycles. The van der Waals surface area contributed by atoms with Gasteiger partial charge in [-0.25, -0.2) is 13.6 Å². The van der Waals surface area contributed by atoms with Crippen LogP contribution < -0.4 is 20.7 Å². The minimum absolute atomic E-state index is 0.00907. The normalized spacial score (nSPS) is 18.5. The average Bonchev–Trinajstić information content (AvgIpc) is 3.02. The molecule has 2 aromatic rings. The van der Waals surface area contributed by atoms with Gasteiger partial charge in [-0.2, -0.15) is 0 Å². The van der Waals surface area contributed by atoms with Crippen LogP contribution in [0.3, 0.4) is 0 Å². The fraction of sp³-hybridized carbons (Fsp3) is 0.300. The van der Waals surface area contributed by atoms with Crippen molar-refractivity contribution in [3.05, 3.63) is 59.2 Å². The molecule has 1 heterocycles. The first-order chi connectivity index (χ1) is 13.4. The van der Waals surface area contributed by atoms with Gasteiger partial charge >= 0.3 is 6.03 Å². The average molecular weight is 389 g/mol. The van der Waals surface area contributed by atoms with Crippen molar-refractivity contribution in [2.75, 3.05) is 19.0 Å². The topological polar surface area (TPSA) is 79.5 Å². The van der Waals surface area contributed by atoms with Crippen molar-refractivity contribution in [1.29, 1.82) is 0 Å². The van der Waals surface area contributed by atoms with E-state index in [1.54, 1.807) is 12.1 Å². The summed E-state index contributed by atoms with van der Waals surface area (Å²) in [4.78, 5) is 24.5. The summed E-state index contributed by atoms with van der Waals surface area (Å²) in [5, 5.41) is 7.67. The zero-order valence-corrected chi connectivity index (χ0v) is 15.5. The number of hydrogen-bond donors (Lipinski definition) is 3. The number of hydrogen-bond acceptors (Lipinski definition) is 3. The maximum absolute atomic E-state index is 14.4. The summed E-state index contributed by atoms with van der Waals surface area (Å²) in [6.45, 7) is 2.03. The van der Waals surface area contributed by atoms with Crippen molar-refractivity contribution in [2.24, 2.45) is 0 Å². The maximum Gasteiger partial charge on any atom is 0.319 e. The lowest BCUT2D eigenvalue weighted by Crippen LogP contribution is -2.45. The number of methoxy groups -OCH3 is 1. The molecular formula is C20H21F2N3O3. The van der Waals surface area contributed by atoms with Crippen molar-refractivity contribution in [2.45, 2.75) is 25.3 Å². The van der Waals surface area contributed by atoms with Gasteiger partial charge in [0.2, 0.25) is 5.91 Å². The molecule has 3 N–H and O–H groups in total. The molecule has 0 radical (unpaired) electrons. The standard InChI is InChI=1S/C20H21F2N3O3/c1-3-11-4-6-12(7-5-11)24-20(27)25-18-14(10-23-19(18)26)17-15(21)8-13(28-2)9-16(17)22/h4-9,14,18H,3,10H2,1-2H3,(H,23,26)(H2,24,25,27)/t14-,18-/m0/s1. The smallest absolute Gasteiger partial charge is 0.319 e. The molecule has 0 spiro atoms. The molecule has 3 amide bonds. The molecular weight excluding hydrogens is 368 g/mol. The van der Waals surface area contributed by atoms with Gasteiger partial charge in [0.25, 0.3) is 0 Å².